The zero-order valence-corrected chi connectivity index (χ0v) is 21.9. The van der Waals surface area contributed by atoms with Crippen molar-refractivity contribution in [3.05, 3.63) is 64.4 Å². The molecule has 0 bridgehead atoms. The topological polar surface area (TPSA) is 116 Å². The van der Waals surface area contributed by atoms with Gasteiger partial charge >= 0.3 is 7.60 Å². The molecule has 0 spiro atoms. The third-order valence-corrected chi connectivity index (χ3v) is 6.71. The van der Waals surface area contributed by atoms with Crippen molar-refractivity contribution in [3.63, 3.8) is 0 Å². The number of benzene rings is 2. The Balaban J connectivity index is 0.00000137. The molecule has 0 atom stereocenters. The fourth-order valence-corrected chi connectivity index (χ4v) is 4.91. The Morgan fingerprint density at radius 2 is 1.53 bits per heavy atom. The second kappa shape index (κ2) is 13.7. The molecule has 9 heteroatoms. The lowest BCUT2D eigenvalue weighted by Crippen LogP contribution is -2.29. The SMILES string of the molecule is CC.CC.CCOP(=O)(OCC)c1ccccc1N=C(N)c1c(O)c2ccccc2n(C)c1=O. The molecule has 0 amide bonds. The van der Waals surface area contributed by atoms with Gasteiger partial charge in [0.2, 0.25) is 0 Å². The Kier molecular flexibility index (Phi) is 11.7. The van der Waals surface area contributed by atoms with Gasteiger partial charge in [-0.1, -0.05) is 52.0 Å². The van der Waals surface area contributed by atoms with Crippen molar-refractivity contribution < 1.29 is 18.7 Å². The number of hydrogen-bond donors (Lipinski definition) is 2. The quantitative estimate of drug-likeness (QED) is 0.267. The number of aromatic hydroxyl groups is 1. The summed E-state index contributed by atoms with van der Waals surface area (Å²) in [4.78, 5) is 17.2. The minimum absolute atomic E-state index is 0.131. The fraction of sp³-hybridized carbons (Fsp3) is 0.360. The number of amidine groups is 1. The van der Waals surface area contributed by atoms with Crippen molar-refractivity contribution >= 4 is 35.3 Å². The van der Waals surface area contributed by atoms with Gasteiger partial charge in [0.1, 0.15) is 17.1 Å². The van der Waals surface area contributed by atoms with Crippen molar-refractivity contribution in [1.82, 2.24) is 4.57 Å². The van der Waals surface area contributed by atoms with Crippen LogP contribution in [0.1, 0.15) is 47.1 Å². The Labute approximate surface area is 201 Å². The second-order valence-corrected chi connectivity index (χ2v) is 8.42. The number of nitrogens with zero attached hydrogens (tertiary/aromatic N) is 2. The maximum atomic E-state index is 13.2. The van der Waals surface area contributed by atoms with Crippen LogP contribution in [0.2, 0.25) is 0 Å². The van der Waals surface area contributed by atoms with E-state index in [2.05, 4.69) is 4.99 Å². The number of hydrogen-bond acceptors (Lipinski definition) is 6. The van der Waals surface area contributed by atoms with E-state index in [9.17, 15) is 14.5 Å². The summed E-state index contributed by atoms with van der Waals surface area (Å²) in [6.45, 7) is 11.8. The van der Waals surface area contributed by atoms with Gasteiger partial charge in [0.25, 0.3) is 5.56 Å². The first-order valence-electron chi connectivity index (χ1n) is 11.5. The van der Waals surface area contributed by atoms with Crippen LogP contribution < -0.4 is 16.6 Å². The van der Waals surface area contributed by atoms with Crippen molar-refractivity contribution in [3.8, 4) is 5.75 Å². The number of para-hydroxylation sites is 2. The highest BCUT2D eigenvalue weighted by Crippen LogP contribution is 2.49. The monoisotopic (exact) mass is 489 g/mol. The van der Waals surface area contributed by atoms with Crippen LogP contribution in [0.15, 0.2) is 58.3 Å². The van der Waals surface area contributed by atoms with Crippen LogP contribution in [0.4, 0.5) is 5.69 Å². The number of pyridine rings is 1. The summed E-state index contributed by atoms with van der Waals surface area (Å²) in [5.41, 5.74) is 6.32. The van der Waals surface area contributed by atoms with Gasteiger partial charge in [0.15, 0.2) is 0 Å². The molecule has 3 aromatic rings. The molecule has 0 aliphatic carbocycles. The molecule has 8 nitrogen and oxygen atoms in total. The molecule has 1 heterocycles. The lowest BCUT2D eigenvalue weighted by molar-refractivity contribution is 0.230. The van der Waals surface area contributed by atoms with Crippen LogP contribution in [-0.4, -0.2) is 28.7 Å². The third kappa shape index (κ3) is 6.14. The number of aromatic nitrogens is 1. The molecule has 0 aliphatic rings. The molecule has 0 fully saturated rings. The number of aryl methyl sites for hydroxylation is 1. The van der Waals surface area contributed by atoms with E-state index in [1.165, 1.54) is 4.57 Å². The highest BCUT2D eigenvalue weighted by Gasteiger charge is 2.30. The predicted octanol–water partition coefficient (Wildman–Crippen LogP) is 5.22. The third-order valence-electron chi connectivity index (χ3n) is 4.55. The van der Waals surface area contributed by atoms with Crippen molar-refractivity contribution in [2.75, 3.05) is 13.2 Å². The van der Waals surface area contributed by atoms with E-state index in [1.807, 2.05) is 27.7 Å². The van der Waals surface area contributed by atoms with Crippen molar-refractivity contribution in [1.29, 1.82) is 0 Å². The molecule has 34 heavy (non-hydrogen) atoms. The molecule has 0 saturated carbocycles. The largest absolute Gasteiger partial charge is 0.506 e. The summed E-state index contributed by atoms with van der Waals surface area (Å²) in [6, 6.07) is 13.5. The maximum Gasteiger partial charge on any atom is 0.363 e. The summed E-state index contributed by atoms with van der Waals surface area (Å²) >= 11 is 0. The normalized spacial score (nSPS) is 11.3. The average molecular weight is 490 g/mol. The van der Waals surface area contributed by atoms with Crippen LogP contribution in [0.25, 0.3) is 10.9 Å². The van der Waals surface area contributed by atoms with Crippen LogP contribution in [0.5, 0.6) is 5.75 Å². The molecule has 3 N–H and O–H groups in total. The number of fused-ring (bicyclic) bond motifs is 1. The predicted molar refractivity (Wildman–Crippen MR) is 141 cm³/mol. The summed E-state index contributed by atoms with van der Waals surface area (Å²) < 4.78 is 25.5. The van der Waals surface area contributed by atoms with E-state index in [0.29, 0.717) is 10.9 Å². The molecule has 1 aromatic heterocycles. The zero-order valence-electron chi connectivity index (χ0n) is 21.0. The molecule has 0 saturated heterocycles. The summed E-state index contributed by atoms with van der Waals surface area (Å²) in [6.07, 6.45) is 0. The van der Waals surface area contributed by atoms with Crippen molar-refractivity contribution in [2.24, 2.45) is 17.8 Å². The van der Waals surface area contributed by atoms with Gasteiger partial charge in [-0.05, 0) is 38.1 Å². The number of aliphatic imine (C=N–C) groups is 1. The Morgan fingerprint density at radius 3 is 2.12 bits per heavy atom. The van der Waals surface area contributed by atoms with E-state index >= 15 is 0 Å². The number of nitrogens with two attached hydrogens (primary N) is 1. The summed E-state index contributed by atoms with van der Waals surface area (Å²) in [5.74, 6) is -0.462. The van der Waals surface area contributed by atoms with Gasteiger partial charge < -0.3 is 24.5 Å². The summed E-state index contributed by atoms with van der Waals surface area (Å²) in [7, 11) is -2.05. The van der Waals surface area contributed by atoms with E-state index in [4.69, 9.17) is 14.8 Å². The van der Waals surface area contributed by atoms with E-state index in [-0.39, 0.29) is 41.4 Å². The molecule has 0 aliphatic heterocycles. The zero-order chi connectivity index (χ0) is 25.9. The first-order valence-corrected chi connectivity index (χ1v) is 13.0. The Hall–Kier alpha value is -2.93. The van der Waals surface area contributed by atoms with E-state index < -0.39 is 13.2 Å². The average Bonchev–Trinajstić information content (AvgIpc) is 2.86. The van der Waals surface area contributed by atoms with Gasteiger partial charge in [-0.3, -0.25) is 9.36 Å². The molecule has 2 aromatic carbocycles. The fourth-order valence-electron chi connectivity index (χ4n) is 3.20. The minimum Gasteiger partial charge on any atom is -0.506 e. The van der Waals surface area contributed by atoms with E-state index in [0.717, 1.165) is 0 Å². The van der Waals surface area contributed by atoms with Crippen LogP contribution in [-0.2, 0) is 20.7 Å². The smallest absolute Gasteiger partial charge is 0.363 e. The van der Waals surface area contributed by atoms with Gasteiger partial charge in [0, 0.05) is 12.4 Å². The second-order valence-electron chi connectivity index (χ2n) is 6.42. The Morgan fingerprint density at radius 1 is 1.00 bits per heavy atom. The molecule has 3 rings (SSSR count). The lowest BCUT2D eigenvalue weighted by Gasteiger charge is -2.18. The van der Waals surface area contributed by atoms with Gasteiger partial charge in [-0.15, -0.1) is 0 Å². The first-order chi connectivity index (χ1) is 16.3. The molecular formula is C25H36N3O5P. The maximum absolute atomic E-state index is 13.2. The standard InChI is InChI=1S/C21H24N3O5P.2C2H6/c1-4-28-30(27,29-5-2)17-13-9-7-11-15(17)23-20(22)18-19(25)14-10-6-8-12-16(14)24(3)21(18)26;2*1-2/h6-13,25H,4-5H2,1-3H3,(H2,22,23);2*1-2H3. The van der Waals surface area contributed by atoms with Crippen LogP contribution in [0, 0.1) is 0 Å². The molecule has 0 radical (unpaired) electrons. The highest BCUT2D eigenvalue weighted by atomic mass is 31.2. The number of rotatable bonds is 7. The van der Waals surface area contributed by atoms with Gasteiger partial charge in [-0.2, -0.15) is 0 Å². The van der Waals surface area contributed by atoms with Gasteiger partial charge in [0.05, 0.1) is 29.7 Å². The first kappa shape index (κ1) is 29.1. The Bertz CT molecular complexity index is 1210. The van der Waals surface area contributed by atoms with Crippen molar-refractivity contribution in [2.45, 2.75) is 41.5 Å². The molecular weight excluding hydrogens is 453 g/mol. The van der Waals surface area contributed by atoms with E-state index in [1.54, 1.807) is 69.4 Å². The highest BCUT2D eigenvalue weighted by molar-refractivity contribution is 7.62. The van der Waals surface area contributed by atoms with Gasteiger partial charge in [-0.25, -0.2) is 4.99 Å². The summed E-state index contributed by atoms with van der Waals surface area (Å²) in [5, 5.41) is 11.4. The van der Waals surface area contributed by atoms with Crippen LogP contribution in [0.3, 0.4) is 0 Å². The van der Waals surface area contributed by atoms with Crippen LogP contribution >= 0.6 is 7.60 Å². The molecule has 0 unspecified atom stereocenters. The molecule has 186 valence electrons. The lowest BCUT2D eigenvalue weighted by atomic mass is 10.1. The minimum atomic E-state index is -3.64.